The molecule has 0 aliphatic carbocycles. The monoisotopic (exact) mass is 277 g/mol. The molecule has 0 unspecified atom stereocenters. The molecule has 1 aromatic carbocycles. The molecule has 1 amide bonds. The lowest BCUT2D eigenvalue weighted by atomic mass is 10.1. The summed E-state index contributed by atoms with van der Waals surface area (Å²) in [6.45, 7) is 6.12. The van der Waals surface area contributed by atoms with Gasteiger partial charge in [-0.3, -0.25) is 4.79 Å². The Kier molecular flexibility index (Phi) is 5.41. The van der Waals surface area contributed by atoms with Gasteiger partial charge in [0.25, 0.3) is 5.91 Å². The van der Waals surface area contributed by atoms with Crippen molar-refractivity contribution >= 4 is 5.91 Å². The third-order valence-corrected chi connectivity index (χ3v) is 3.25. The molecular formula is C16H23NO3. The molecule has 0 aromatic heterocycles. The molecule has 1 atom stereocenters. The van der Waals surface area contributed by atoms with Crippen molar-refractivity contribution in [2.75, 3.05) is 19.8 Å². The summed E-state index contributed by atoms with van der Waals surface area (Å²) in [7, 11) is 0. The van der Waals surface area contributed by atoms with Gasteiger partial charge in [0, 0.05) is 13.2 Å². The number of hydrogen-bond acceptors (Lipinski definition) is 3. The minimum absolute atomic E-state index is 0.0818. The molecule has 1 aliphatic rings. The van der Waals surface area contributed by atoms with Crippen LogP contribution in [-0.4, -0.2) is 31.8 Å². The molecule has 20 heavy (non-hydrogen) atoms. The lowest BCUT2D eigenvalue weighted by Crippen LogP contribution is -2.28. The lowest BCUT2D eigenvalue weighted by molar-refractivity contribution is 0.0670. The van der Waals surface area contributed by atoms with Crippen LogP contribution in [0.5, 0.6) is 5.75 Å². The predicted molar refractivity (Wildman–Crippen MR) is 78.1 cm³/mol. The van der Waals surface area contributed by atoms with Gasteiger partial charge in [-0.25, -0.2) is 0 Å². The van der Waals surface area contributed by atoms with Crippen LogP contribution in [0, 0.1) is 5.92 Å². The zero-order valence-electron chi connectivity index (χ0n) is 12.2. The average molecular weight is 277 g/mol. The summed E-state index contributed by atoms with van der Waals surface area (Å²) in [6, 6.07) is 7.35. The summed E-state index contributed by atoms with van der Waals surface area (Å²) < 4.78 is 11.3. The molecule has 0 radical (unpaired) electrons. The van der Waals surface area contributed by atoms with Crippen molar-refractivity contribution < 1.29 is 14.3 Å². The smallest absolute Gasteiger partial charge is 0.255 e. The van der Waals surface area contributed by atoms with E-state index in [1.54, 1.807) is 6.07 Å². The standard InChI is InChI=1S/C16H23NO3/c1-12(2)10-17-16(18)14-7-3-4-8-15(14)20-11-13-6-5-9-19-13/h3-4,7-8,12-13H,5-6,9-11H2,1-2H3,(H,17,18)/t13-/m1/s1. The summed E-state index contributed by atoms with van der Waals surface area (Å²) in [5.41, 5.74) is 0.589. The van der Waals surface area contributed by atoms with Crippen LogP contribution >= 0.6 is 0 Å². The van der Waals surface area contributed by atoms with E-state index in [1.165, 1.54) is 0 Å². The molecule has 1 saturated heterocycles. The fourth-order valence-corrected chi connectivity index (χ4v) is 2.13. The molecule has 1 heterocycles. The summed E-state index contributed by atoms with van der Waals surface area (Å²) in [6.07, 6.45) is 2.27. The third kappa shape index (κ3) is 4.23. The zero-order valence-corrected chi connectivity index (χ0v) is 12.2. The highest BCUT2D eigenvalue weighted by molar-refractivity contribution is 5.96. The molecule has 1 N–H and O–H groups in total. The number of amides is 1. The van der Waals surface area contributed by atoms with Gasteiger partial charge in [0.05, 0.1) is 11.7 Å². The van der Waals surface area contributed by atoms with E-state index >= 15 is 0 Å². The van der Waals surface area contributed by atoms with Gasteiger partial charge in [-0.05, 0) is 30.9 Å². The van der Waals surface area contributed by atoms with Crippen LogP contribution < -0.4 is 10.1 Å². The van der Waals surface area contributed by atoms with Gasteiger partial charge in [0.2, 0.25) is 0 Å². The molecular weight excluding hydrogens is 254 g/mol. The van der Waals surface area contributed by atoms with E-state index in [1.807, 2.05) is 18.2 Å². The molecule has 0 saturated carbocycles. The second-order valence-corrected chi connectivity index (χ2v) is 5.55. The second kappa shape index (κ2) is 7.29. The van der Waals surface area contributed by atoms with E-state index < -0.39 is 0 Å². The van der Waals surface area contributed by atoms with Crippen LogP contribution in [0.3, 0.4) is 0 Å². The fraction of sp³-hybridized carbons (Fsp3) is 0.562. The Hall–Kier alpha value is -1.55. The SMILES string of the molecule is CC(C)CNC(=O)c1ccccc1OC[C@H]1CCCO1. The fourth-order valence-electron chi connectivity index (χ4n) is 2.13. The van der Waals surface area contributed by atoms with Crippen molar-refractivity contribution in [2.45, 2.75) is 32.8 Å². The molecule has 4 nitrogen and oxygen atoms in total. The Bertz CT molecular complexity index is 439. The Balaban J connectivity index is 1.95. The summed E-state index contributed by atoms with van der Waals surface area (Å²) in [4.78, 5) is 12.1. The Morgan fingerprint density at radius 1 is 1.45 bits per heavy atom. The Morgan fingerprint density at radius 2 is 2.25 bits per heavy atom. The second-order valence-electron chi connectivity index (χ2n) is 5.55. The largest absolute Gasteiger partial charge is 0.490 e. The van der Waals surface area contributed by atoms with E-state index in [9.17, 15) is 4.79 Å². The number of carbonyl (C=O) groups is 1. The molecule has 110 valence electrons. The maximum absolute atomic E-state index is 12.1. The first-order valence-electron chi connectivity index (χ1n) is 7.28. The summed E-state index contributed by atoms with van der Waals surface area (Å²) >= 11 is 0. The normalized spacial score (nSPS) is 18.2. The number of benzene rings is 1. The molecule has 0 spiro atoms. The van der Waals surface area contributed by atoms with Crippen LogP contribution in [0.4, 0.5) is 0 Å². The first-order valence-corrected chi connectivity index (χ1v) is 7.28. The number of para-hydroxylation sites is 1. The van der Waals surface area contributed by atoms with Crippen molar-refractivity contribution in [3.8, 4) is 5.75 Å². The number of carbonyl (C=O) groups excluding carboxylic acids is 1. The van der Waals surface area contributed by atoms with Crippen molar-refractivity contribution in [3.05, 3.63) is 29.8 Å². The van der Waals surface area contributed by atoms with Crippen molar-refractivity contribution in [1.82, 2.24) is 5.32 Å². The van der Waals surface area contributed by atoms with Gasteiger partial charge in [0.1, 0.15) is 12.4 Å². The summed E-state index contributed by atoms with van der Waals surface area (Å²) in [5, 5.41) is 2.92. The third-order valence-electron chi connectivity index (χ3n) is 3.25. The maximum atomic E-state index is 12.1. The first-order chi connectivity index (χ1) is 9.66. The summed E-state index contributed by atoms with van der Waals surface area (Å²) in [5.74, 6) is 0.977. The molecule has 1 aliphatic heterocycles. The average Bonchev–Trinajstić information content (AvgIpc) is 2.96. The van der Waals surface area contributed by atoms with Crippen LogP contribution in [-0.2, 0) is 4.74 Å². The van der Waals surface area contributed by atoms with Crippen LogP contribution in [0.15, 0.2) is 24.3 Å². The number of rotatable bonds is 6. The van der Waals surface area contributed by atoms with Crippen molar-refractivity contribution in [1.29, 1.82) is 0 Å². The predicted octanol–water partition coefficient (Wildman–Crippen LogP) is 2.63. The highest BCUT2D eigenvalue weighted by Gasteiger charge is 2.18. The van der Waals surface area contributed by atoms with Gasteiger partial charge >= 0.3 is 0 Å². The zero-order chi connectivity index (χ0) is 14.4. The van der Waals surface area contributed by atoms with Crippen molar-refractivity contribution in [3.63, 3.8) is 0 Å². The van der Waals surface area contributed by atoms with E-state index in [4.69, 9.17) is 9.47 Å². The van der Waals surface area contributed by atoms with Gasteiger partial charge < -0.3 is 14.8 Å². The maximum Gasteiger partial charge on any atom is 0.255 e. The van der Waals surface area contributed by atoms with Gasteiger partial charge in [-0.15, -0.1) is 0 Å². The highest BCUT2D eigenvalue weighted by atomic mass is 16.5. The van der Waals surface area contributed by atoms with Crippen LogP contribution in [0.25, 0.3) is 0 Å². The van der Waals surface area contributed by atoms with E-state index in [0.717, 1.165) is 19.4 Å². The lowest BCUT2D eigenvalue weighted by Gasteiger charge is -2.15. The van der Waals surface area contributed by atoms with Gasteiger partial charge in [-0.2, -0.15) is 0 Å². The number of ether oxygens (including phenoxy) is 2. The quantitative estimate of drug-likeness (QED) is 0.869. The van der Waals surface area contributed by atoms with Gasteiger partial charge in [-0.1, -0.05) is 26.0 Å². The molecule has 0 bridgehead atoms. The van der Waals surface area contributed by atoms with Crippen LogP contribution in [0.1, 0.15) is 37.0 Å². The van der Waals surface area contributed by atoms with E-state index in [2.05, 4.69) is 19.2 Å². The Labute approximate surface area is 120 Å². The van der Waals surface area contributed by atoms with E-state index in [-0.39, 0.29) is 12.0 Å². The van der Waals surface area contributed by atoms with E-state index in [0.29, 0.717) is 30.4 Å². The van der Waals surface area contributed by atoms with Crippen molar-refractivity contribution in [2.24, 2.45) is 5.92 Å². The highest BCUT2D eigenvalue weighted by Crippen LogP contribution is 2.20. The van der Waals surface area contributed by atoms with Gasteiger partial charge in [0.15, 0.2) is 0 Å². The molecule has 1 fully saturated rings. The minimum Gasteiger partial charge on any atom is -0.490 e. The number of hydrogen-bond donors (Lipinski definition) is 1. The minimum atomic E-state index is -0.0818. The molecule has 1 aromatic rings. The Morgan fingerprint density at radius 3 is 2.95 bits per heavy atom. The molecule has 4 heteroatoms. The topological polar surface area (TPSA) is 47.6 Å². The number of nitrogens with one attached hydrogen (secondary N) is 1. The molecule has 2 rings (SSSR count). The van der Waals surface area contributed by atoms with Crippen LogP contribution in [0.2, 0.25) is 0 Å². The first kappa shape index (κ1) is 14.9.